The number of hydrogen-bond acceptors (Lipinski definition) is 4. The maximum atomic E-state index is 11.4. The predicted molar refractivity (Wildman–Crippen MR) is 60.9 cm³/mol. The fraction of sp³-hybridized carbons (Fsp3) is 0.636. The van der Waals surface area contributed by atoms with Crippen molar-refractivity contribution in [3.63, 3.8) is 0 Å². The van der Waals surface area contributed by atoms with Crippen LogP contribution in [0.2, 0.25) is 0 Å². The Balaban J connectivity index is 2.26. The molecular weight excluding hydrogens is 206 g/mol. The Morgan fingerprint density at radius 3 is 2.75 bits per heavy atom. The van der Waals surface area contributed by atoms with E-state index in [1.165, 1.54) is 0 Å². The number of rotatable bonds is 4. The number of nitrogens with one attached hydrogen (secondary N) is 2. The van der Waals surface area contributed by atoms with Gasteiger partial charge in [-0.05, 0) is 27.7 Å². The van der Waals surface area contributed by atoms with Gasteiger partial charge in [-0.15, -0.1) is 0 Å². The molecule has 0 aliphatic heterocycles. The molecule has 0 saturated carbocycles. The fourth-order valence-corrected chi connectivity index (χ4v) is 1.23. The van der Waals surface area contributed by atoms with Gasteiger partial charge in [0.1, 0.15) is 5.60 Å². The van der Waals surface area contributed by atoms with Crippen molar-refractivity contribution in [1.82, 2.24) is 15.3 Å². The first kappa shape index (κ1) is 12.7. The van der Waals surface area contributed by atoms with Crippen LogP contribution in [-0.2, 0) is 16.1 Å². The van der Waals surface area contributed by atoms with Gasteiger partial charge in [-0.3, -0.25) is 4.79 Å². The zero-order valence-corrected chi connectivity index (χ0v) is 10.3. The molecule has 2 N–H and O–H groups in total. The third-order valence-electron chi connectivity index (χ3n) is 1.92. The van der Waals surface area contributed by atoms with E-state index in [0.717, 1.165) is 11.4 Å². The van der Waals surface area contributed by atoms with Crippen LogP contribution in [0.3, 0.4) is 0 Å². The monoisotopic (exact) mass is 225 g/mol. The molecule has 1 rings (SSSR count). The summed E-state index contributed by atoms with van der Waals surface area (Å²) in [6.07, 6.45) is 1.64. The zero-order chi connectivity index (χ0) is 12.2. The number of aromatic amines is 1. The molecule has 16 heavy (non-hydrogen) atoms. The molecule has 1 heterocycles. The number of ether oxygens (including phenoxy) is 1. The van der Waals surface area contributed by atoms with Gasteiger partial charge in [-0.2, -0.15) is 0 Å². The van der Waals surface area contributed by atoms with Gasteiger partial charge in [-0.25, -0.2) is 4.98 Å². The van der Waals surface area contributed by atoms with Crippen LogP contribution >= 0.6 is 0 Å². The van der Waals surface area contributed by atoms with Crippen LogP contribution in [0, 0.1) is 6.92 Å². The lowest BCUT2D eigenvalue weighted by atomic mass is 10.2. The van der Waals surface area contributed by atoms with Gasteiger partial charge in [0.2, 0.25) is 0 Å². The highest BCUT2D eigenvalue weighted by molar-refractivity contribution is 5.72. The highest BCUT2D eigenvalue weighted by Crippen LogP contribution is 2.06. The maximum Gasteiger partial charge on any atom is 0.320 e. The number of imidazole rings is 1. The SMILES string of the molecule is Cc1[nH]cnc1CNCC(=O)OC(C)(C)C. The minimum Gasteiger partial charge on any atom is -0.459 e. The molecule has 5 heteroatoms. The van der Waals surface area contributed by atoms with Crippen molar-refractivity contribution >= 4 is 5.97 Å². The van der Waals surface area contributed by atoms with Crippen LogP contribution in [0.5, 0.6) is 0 Å². The second-order valence-corrected chi connectivity index (χ2v) is 4.66. The van der Waals surface area contributed by atoms with E-state index in [0.29, 0.717) is 6.54 Å². The van der Waals surface area contributed by atoms with Crippen LogP contribution in [-0.4, -0.2) is 28.1 Å². The lowest BCUT2D eigenvalue weighted by Crippen LogP contribution is -2.31. The van der Waals surface area contributed by atoms with E-state index in [4.69, 9.17) is 4.74 Å². The Bertz CT molecular complexity index is 352. The molecule has 0 atom stereocenters. The zero-order valence-electron chi connectivity index (χ0n) is 10.3. The summed E-state index contributed by atoms with van der Waals surface area (Å²) in [5, 5.41) is 2.99. The lowest BCUT2D eigenvalue weighted by Gasteiger charge is -2.19. The van der Waals surface area contributed by atoms with Crippen LogP contribution in [0.4, 0.5) is 0 Å². The Kier molecular flexibility index (Phi) is 4.06. The Morgan fingerprint density at radius 2 is 2.25 bits per heavy atom. The summed E-state index contributed by atoms with van der Waals surface area (Å²) in [7, 11) is 0. The Morgan fingerprint density at radius 1 is 1.56 bits per heavy atom. The molecule has 1 aromatic rings. The predicted octanol–water partition coefficient (Wildman–Crippen LogP) is 1.15. The van der Waals surface area contributed by atoms with E-state index in [1.54, 1.807) is 6.33 Å². The minimum atomic E-state index is -0.430. The van der Waals surface area contributed by atoms with E-state index in [1.807, 2.05) is 27.7 Å². The molecule has 0 aliphatic carbocycles. The smallest absolute Gasteiger partial charge is 0.320 e. The quantitative estimate of drug-likeness (QED) is 0.754. The Labute approximate surface area is 95.6 Å². The molecule has 1 aromatic heterocycles. The van der Waals surface area contributed by atoms with E-state index < -0.39 is 5.60 Å². The van der Waals surface area contributed by atoms with Gasteiger partial charge in [0.25, 0.3) is 0 Å². The normalized spacial score (nSPS) is 11.5. The third-order valence-corrected chi connectivity index (χ3v) is 1.92. The highest BCUT2D eigenvalue weighted by Gasteiger charge is 2.15. The van der Waals surface area contributed by atoms with E-state index in [-0.39, 0.29) is 12.5 Å². The molecule has 5 nitrogen and oxygen atoms in total. The summed E-state index contributed by atoms with van der Waals surface area (Å²) in [6.45, 7) is 8.25. The van der Waals surface area contributed by atoms with Crippen molar-refractivity contribution in [2.45, 2.75) is 39.8 Å². The van der Waals surface area contributed by atoms with Crippen LogP contribution in [0.25, 0.3) is 0 Å². The molecule has 0 amide bonds. The van der Waals surface area contributed by atoms with Crippen molar-refractivity contribution in [3.8, 4) is 0 Å². The second kappa shape index (κ2) is 5.12. The summed E-state index contributed by atoms with van der Waals surface area (Å²) in [5.74, 6) is -0.249. The Hall–Kier alpha value is -1.36. The molecule has 0 radical (unpaired) electrons. The number of nitrogens with zero attached hydrogens (tertiary/aromatic N) is 1. The summed E-state index contributed by atoms with van der Waals surface area (Å²) in [4.78, 5) is 18.5. The molecule has 0 aliphatic rings. The summed E-state index contributed by atoms with van der Waals surface area (Å²) < 4.78 is 5.16. The summed E-state index contributed by atoms with van der Waals surface area (Å²) in [5.41, 5.74) is 1.50. The summed E-state index contributed by atoms with van der Waals surface area (Å²) in [6, 6.07) is 0. The topological polar surface area (TPSA) is 67.0 Å². The van der Waals surface area contributed by atoms with Gasteiger partial charge in [0, 0.05) is 12.2 Å². The molecule has 90 valence electrons. The first-order valence-electron chi connectivity index (χ1n) is 5.30. The molecule has 0 fully saturated rings. The van der Waals surface area contributed by atoms with E-state index in [9.17, 15) is 4.79 Å². The number of aromatic nitrogens is 2. The van der Waals surface area contributed by atoms with Crippen molar-refractivity contribution in [2.75, 3.05) is 6.54 Å². The first-order chi connectivity index (χ1) is 7.38. The maximum absolute atomic E-state index is 11.4. The second-order valence-electron chi connectivity index (χ2n) is 4.66. The standard InChI is InChI=1S/C11H19N3O2/c1-8-9(14-7-13-8)5-12-6-10(15)16-11(2,3)4/h7,12H,5-6H2,1-4H3,(H,13,14). The molecular formula is C11H19N3O2. The van der Waals surface area contributed by atoms with E-state index >= 15 is 0 Å². The number of H-pyrrole nitrogens is 1. The van der Waals surface area contributed by atoms with Crippen molar-refractivity contribution in [1.29, 1.82) is 0 Å². The fourth-order valence-electron chi connectivity index (χ4n) is 1.23. The van der Waals surface area contributed by atoms with Crippen LogP contribution in [0.1, 0.15) is 32.2 Å². The van der Waals surface area contributed by atoms with Crippen LogP contribution in [0.15, 0.2) is 6.33 Å². The number of hydrogen-bond donors (Lipinski definition) is 2. The first-order valence-corrected chi connectivity index (χ1v) is 5.30. The van der Waals surface area contributed by atoms with E-state index in [2.05, 4.69) is 15.3 Å². The molecule has 0 saturated heterocycles. The van der Waals surface area contributed by atoms with Crippen LogP contribution < -0.4 is 5.32 Å². The molecule has 0 unspecified atom stereocenters. The largest absolute Gasteiger partial charge is 0.459 e. The molecule has 0 aromatic carbocycles. The average Bonchev–Trinajstić information content (AvgIpc) is 2.48. The van der Waals surface area contributed by atoms with Crippen molar-refractivity contribution < 1.29 is 9.53 Å². The van der Waals surface area contributed by atoms with Gasteiger partial charge < -0.3 is 15.0 Å². The lowest BCUT2D eigenvalue weighted by molar-refractivity contribution is -0.153. The summed E-state index contributed by atoms with van der Waals surface area (Å²) >= 11 is 0. The number of carbonyl (C=O) groups is 1. The molecule has 0 bridgehead atoms. The molecule has 0 spiro atoms. The minimum absolute atomic E-state index is 0.198. The van der Waals surface area contributed by atoms with Gasteiger partial charge >= 0.3 is 5.97 Å². The average molecular weight is 225 g/mol. The third kappa shape index (κ3) is 4.44. The van der Waals surface area contributed by atoms with Crippen molar-refractivity contribution in [3.05, 3.63) is 17.7 Å². The van der Waals surface area contributed by atoms with Gasteiger partial charge in [0.05, 0.1) is 18.6 Å². The van der Waals surface area contributed by atoms with Gasteiger partial charge in [0.15, 0.2) is 0 Å². The highest BCUT2D eigenvalue weighted by atomic mass is 16.6. The van der Waals surface area contributed by atoms with Crippen molar-refractivity contribution in [2.24, 2.45) is 0 Å². The number of carbonyl (C=O) groups excluding carboxylic acids is 1. The number of esters is 1. The number of aryl methyl sites for hydroxylation is 1. The van der Waals surface area contributed by atoms with Gasteiger partial charge in [-0.1, -0.05) is 0 Å².